The molecule has 2 aromatic rings. The Bertz CT molecular complexity index is 665. The number of carbonyl (C=O) groups excluding carboxylic acids is 1. The molecule has 114 valence electrons. The zero-order valence-electron chi connectivity index (χ0n) is 13.1. The normalized spacial score (nSPS) is 13.3. The average molecular weight is 294 g/mol. The number of nitrogens with one attached hydrogen (secondary N) is 1. The Morgan fingerprint density at radius 2 is 2.09 bits per heavy atom. The van der Waals surface area contributed by atoms with Gasteiger partial charge in [0.25, 0.3) is 0 Å². The predicted molar refractivity (Wildman–Crippen MR) is 90.3 cm³/mol. The number of hydrogen-bond donors (Lipinski definition) is 1. The smallest absolute Gasteiger partial charge is 0.162 e. The van der Waals surface area contributed by atoms with Gasteiger partial charge in [-0.25, -0.2) is 0 Å². The molecular formula is C19H22N2O. The molecule has 1 aliphatic heterocycles. The van der Waals surface area contributed by atoms with E-state index in [1.807, 2.05) is 18.2 Å². The first kappa shape index (κ1) is 14.8. The summed E-state index contributed by atoms with van der Waals surface area (Å²) >= 11 is 0. The van der Waals surface area contributed by atoms with Gasteiger partial charge in [0.05, 0.1) is 0 Å². The third kappa shape index (κ3) is 3.03. The molecule has 0 fully saturated rings. The fourth-order valence-corrected chi connectivity index (χ4v) is 3.00. The first-order chi connectivity index (χ1) is 10.8. The molecule has 1 N–H and O–H groups in total. The van der Waals surface area contributed by atoms with Gasteiger partial charge in [-0.05, 0) is 54.7 Å². The van der Waals surface area contributed by atoms with Gasteiger partial charge in [0.2, 0.25) is 0 Å². The summed E-state index contributed by atoms with van der Waals surface area (Å²) in [6.45, 7) is 3.11. The van der Waals surface area contributed by atoms with Crippen LogP contribution in [0, 0.1) is 0 Å². The molecule has 1 aromatic carbocycles. The van der Waals surface area contributed by atoms with Gasteiger partial charge in [-0.15, -0.1) is 0 Å². The molecule has 0 saturated carbocycles. The van der Waals surface area contributed by atoms with Crippen molar-refractivity contribution in [3.05, 3.63) is 47.8 Å². The molecule has 3 rings (SSSR count). The highest BCUT2D eigenvalue weighted by Crippen LogP contribution is 2.35. The third-order valence-corrected chi connectivity index (χ3v) is 4.22. The van der Waals surface area contributed by atoms with Crippen LogP contribution in [0.5, 0.6) is 0 Å². The monoisotopic (exact) mass is 294 g/mol. The number of rotatable bonds is 5. The van der Waals surface area contributed by atoms with E-state index in [1.54, 1.807) is 12.4 Å². The van der Waals surface area contributed by atoms with Crippen LogP contribution in [0.25, 0.3) is 11.1 Å². The van der Waals surface area contributed by atoms with Gasteiger partial charge in [-0.3, -0.25) is 9.78 Å². The number of ketones is 1. The maximum absolute atomic E-state index is 12.4. The van der Waals surface area contributed by atoms with E-state index in [2.05, 4.69) is 23.3 Å². The molecule has 22 heavy (non-hydrogen) atoms. The van der Waals surface area contributed by atoms with Gasteiger partial charge < -0.3 is 5.32 Å². The Balaban J connectivity index is 2.05. The van der Waals surface area contributed by atoms with Crippen molar-refractivity contribution in [1.82, 2.24) is 4.98 Å². The molecule has 0 radical (unpaired) electrons. The molecule has 0 atom stereocenters. The molecule has 1 aromatic heterocycles. The first-order valence-corrected chi connectivity index (χ1v) is 8.14. The Hall–Kier alpha value is -2.16. The van der Waals surface area contributed by atoms with Crippen molar-refractivity contribution in [2.45, 2.75) is 39.0 Å². The molecule has 1 aliphatic rings. The van der Waals surface area contributed by atoms with Crippen LogP contribution in [0.3, 0.4) is 0 Å². The van der Waals surface area contributed by atoms with Gasteiger partial charge in [-0.2, -0.15) is 0 Å². The Morgan fingerprint density at radius 1 is 1.27 bits per heavy atom. The summed E-state index contributed by atoms with van der Waals surface area (Å²) in [4.78, 5) is 16.5. The lowest BCUT2D eigenvalue weighted by Gasteiger charge is -2.22. The van der Waals surface area contributed by atoms with Crippen LogP contribution in [0.4, 0.5) is 5.69 Å². The Kier molecular flexibility index (Phi) is 4.52. The highest BCUT2D eigenvalue weighted by Gasteiger charge is 2.18. The van der Waals surface area contributed by atoms with Crippen molar-refractivity contribution >= 4 is 11.5 Å². The number of anilines is 1. The molecule has 0 bridgehead atoms. The molecule has 0 saturated heterocycles. The fraction of sp³-hybridized carbons (Fsp3) is 0.368. The molecule has 0 aliphatic carbocycles. The molecule has 3 heteroatoms. The van der Waals surface area contributed by atoms with Crippen LogP contribution in [0.15, 0.2) is 36.7 Å². The predicted octanol–water partition coefficient (Wildman–Crippen LogP) is 4.48. The molecular weight excluding hydrogens is 272 g/mol. The van der Waals surface area contributed by atoms with E-state index in [4.69, 9.17) is 0 Å². The number of pyridine rings is 1. The van der Waals surface area contributed by atoms with E-state index < -0.39 is 0 Å². The highest BCUT2D eigenvalue weighted by molar-refractivity contribution is 5.99. The number of hydrogen-bond acceptors (Lipinski definition) is 3. The van der Waals surface area contributed by atoms with E-state index in [0.29, 0.717) is 6.42 Å². The average Bonchev–Trinajstić information content (AvgIpc) is 2.59. The topological polar surface area (TPSA) is 42.0 Å². The van der Waals surface area contributed by atoms with Crippen molar-refractivity contribution in [2.75, 3.05) is 11.9 Å². The Labute approximate surface area is 131 Å². The maximum Gasteiger partial charge on any atom is 0.162 e. The van der Waals surface area contributed by atoms with E-state index in [-0.39, 0.29) is 5.78 Å². The summed E-state index contributed by atoms with van der Waals surface area (Å²) < 4.78 is 0. The van der Waals surface area contributed by atoms with Crippen molar-refractivity contribution in [2.24, 2.45) is 0 Å². The first-order valence-electron chi connectivity index (χ1n) is 8.14. The number of aromatic nitrogens is 1. The number of aryl methyl sites for hydroxylation is 1. The van der Waals surface area contributed by atoms with Crippen LogP contribution in [-0.4, -0.2) is 17.3 Å². The Morgan fingerprint density at radius 3 is 2.86 bits per heavy atom. The maximum atomic E-state index is 12.4. The summed E-state index contributed by atoms with van der Waals surface area (Å²) in [5, 5.41) is 3.51. The third-order valence-electron chi connectivity index (χ3n) is 4.22. The van der Waals surface area contributed by atoms with E-state index in [9.17, 15) is 4.79 Å². The standard InChI is InChI=1S/C19H22N2O/c1-2-3-6-18(22)16-12-15-5-4-9-21-19(15)17(13-16)14-7-10-20-11-8-14/h7-8,10-13,21H,2-6,9H2,1H3. The molecule has 3 nitrogen and oxygen atoms in total. The van der Waals surface area contributed by atoms with E-state index in [1.165, 1.54) is 11.3 Å². The van der Waals surface area contributed by atoms with Gasteiger partial charge in [0.15, 0.2) is 5.78 Å². The number of nitrogens with zero attached hydrogens (tertiary/aromatic N) is 1. The largest absolute Gasteiger partial charge is 0.384 e. The molecule has 2 heterocycles. The second-order valence-electron chi connectivity index (χ2n) is 5.85. The SMILES string of the molecule is CCCCC(=O)c1cc2c(c(-c3ccncc3)c1)NCCC2. The number of fused-ring (bicyclic) bond motifs is 1. The van der Waals surface area contributed by atoms with E-state index in [0.717, 1.165) is 48.9 Å². The zero-order chi connectivity index (χ0) is 15.4. The fourth-order valence-electron chi connectivity index (χ4n) is 3.00. The highest BCUT2D eigenvalue weighted by atomic mass is 16.1. The van der Waals surface area contributed by atoms with Crippen LogP contribution in [-0.2, 0) is 6.42 Å². The second kappa shape index (κ2) is 6.73. The van der Waals surface area contributed by atoms with Gasteiger partial charge in [-0.1, -0.05) is 13.3 Å². The van der Waals surface area contributed by atoms with Crippen LogP contribution >= 0.6 is 0 Å². The lowest BCUT2D eigenvalue weighted by molar-refractivity contribution is 0.0979. The van der Waals surface area contributed by atoms with Gasteiger partial charge >= 0.3 is 0 Å². The second-order valence-corrected chi connectivity index (χ2v) is 5.85. The van der Waals surface area contributed by atoms with Crippen LogP contribution in [0.2, 0.25) is 0 Å². The van der Waals surface area contributed by atoms with E-state index >= 15 is 0 Å². The zero-order valence-corrected chi connectivity index (χ0v) is 13.1. The quantitative estimate of drug-likeness (QED) is 0.827. The summed E-state index contributed by atoms with van der Waals surface area (Å²) in [7, 11) is 0. The number of Topliss-reactive ketones (excluding diaryl/α,β-unsaturated/α-hetero) is 1. The van der Waals surface area contributed by atoms with Crippen molar-refractivity contribution in [3.63, 3.8) is 0 Å². The molecule has 0 spiro atoms. The van der Waals surface area contributed by atoms with Gasteiger partial charge in [0.1, 0.15) is 0 Å². The minimum atomic E-state index is 0.255. The molecule has 0 amide bonds. The van der Waals surface area contributed by atoms with Crippen LogP contribution in [0.1, 0.15) is 48.5 Å². The minimum Gasteiger partial charge on any atom is -0.384 e. The summed E-state index contributed by atoms with van der Waals surface area (Å²) in [6.07, 6.45) is 8.41. The summed E-state index contributed by atoms with van der Waals surface area (Å²) in [5.41, 5.74) is 5.54. The number of carbonyl (C=O) groups is 1. The van der Waals surface area contributed by atoms with Crippen molar-refractivity contribution in [3.8, 4) is 11.1 Å². The number of unbranched alkanes of at least 4 members (excludes halogenated alkanes) is 1. The van der Waals surface area contributed by atoms with Crippen molar-refractivity contribution < 1.29 is 4.79 Å². The number of benzene rings is 1. The van der Waals surface area contributed by atoms with Gasteiger partial charge in [0, 0.05) is 42.2 Å². The summed E-state index contributed by atoms with van der Waals surface area (Å²) in [5.74, 6) is 0.255. The molecule has 0 unspecified atom stereocenters. The van der Waals surface area contributed by atoms with Crippen LogP contribution < -0.4 is 5.32 Å². The van der Waals surface area contributed by atoms with Crippen molar-refractivity contribution in [1.29, 1.82) is 0 Å². The summed E-state index contributed by atoms with van der Waals surface area (Å²) in [6, 6.07) is 8.15. The lowest BCUT2D eigenvalue weighted by Crippen LogP contribution is -2.14. The lowest BCUT2D eigenvalue weighted by atomic mass is 9.91. The minimum absolute atomic E-state index is 0.255.